The smallest absolute Gasteiger partial charge is 0.132 e. The van der Waals surface area contributed by atoms with Crippen LogP contribution in [0.5, 0.6) is 0 Å². The van der Waals surface area contributed by atoms with E-state index in [2.05, 4.69) is 40.3 Å². The van der Waals surface area contributed by atoms with Crippen molar-refractivity contribution < 1.29 is 0 Å². The van der Waals surface area contributed by atoms with E-state index in [9.17, 15) is 0 Å². The maximum absolute atomic E-state index is 4.64. The minimum Gasteiger partial charge on any atom is -0.373 e. The Morgan fingerprint density at radius 1 is 1.38 bits per heavy atom. The molecule has 4 heteroatoms. The van der Waals surface area contributed by atoms with Crippen LogP contribution in [0.1, 0.15) is 30.3 Å². The minimum atomic E-state index is 0.688. The lowest BCUT2D eigenvalue weighted by Crippen LogP contribution is -2.17. The average molecular weight is 220 g/mol. The SMILES string of the molecule is CNc1cc(C2CC2)nc(CCN(C)C)n1. The molecule has 88 valence electrons. The normalized spacial score (nSPS) is 15.5. The van der Waals surface area contributed by atoms with Gasteiger partial charge in [0.15, 0.2) is 0 Å². The van der Waals surface area contributed by atoms with Crippen LogP contribution in [0.25, 0.3) is 0 Å². The van der Waals surface area contributed by atoms with Crippen LogP contribution in [0.15, 0.2) is 6.07 Å². The molecule has 1 aromatic rings. The molecule has 0 aliphatic heterocycles. The molecular weight excluding hydrogens is 200 g/mol. The van der Waals surface area contributed by atoms with Gasteiger partial charge in [0.05, 0.1) is 0 Å². The Balaban J connectivity index is 2.12. The lowest BCUT2D eigenvalue weighted by Gasteiger charge is -2.10. The molecule has 2 rings (SSSR count). The van der Waals surface area contributed by atoms with Crippen LogP contribution < -0.4 is 5.32 Å². The molecule has 1 N–H and O–H groups in total. The Bertz CT molecular complexity index is 358. The van der Waals surface area contributed by atoms with Crippen LogP contribution in [0.2, 0.25) is 0 Å². The zero-order valence-corrected chi connectivity index (χ0v) is 10.3. The number of aromatic nitrogens is 2. The molecule has 1 heterocycles. The van der Waals surface area contributed by atoms with Gasteiger partial charge in [-0.3, -0.25) is 0 Å². The third kappa shape index (κ3) is 2.92. The predicted octanol–water partition coefficient (Wildman–Crippen LogP) is 1.50. The maximum Gasteiger partial charge on any atom is 0.132 e. The van der Waals surface area contributed by atoms with Crippen LogP contribution in [0, 0.1) is 0 Å². The van der Waals surface area contributed by atoms with Crippen molar-refractivity contribution in [1.29, 1.82) is 0 Å². The molecular formula is C12H20N4. The molecule has 0 saturated heterocycles. The highest BCUT2D eigenvalue weighted by atomic mass is 15.1. The van der Waals surface area contributed by atoms with E-state index in [1.807, 2.05) is 7.05 Å². The number of hydrogen-bond donors (Lipinski definition) is 1. The van der Waals surface area contributed by atoms with Crippen molar-refractivity contribution in [3.63, 3.8) is 0 Å². The Hall–Kier alpha value is -1.16. The summed E-state index contributed by atoms with van der Waals surface area (Å²) in [6, 6.07) is 2.08. The number of nitrogens with one attached hydrogen (secondary N) is 1. The van der Waals surface area contributed by atoms with Gasteiger partial charge in [0, 0.05) is 37.7 Å². The van der Waals surface area contributed by atoms with Crippen molar-refractivity contribution in [2.75, 3.05) is 33.0 Å². The fourth-order valence-electron chi connectivity index (χ4n) is 1.67. The van der Waals surface area contributed by atoms with Crippen LogP contribution in [0.4, 0.5) is 5.82 Å². The molecule has 1 saturated carbocycles. The van der Waals surface area contributed by atoms with Crippen LogP contribution in [-0.2, 0) is 6.42 Å². The van der Waals surface area contributed by atoms with Crippen molar-refractivity contribution in [1.82, 2.24) is 14.9 Å². The standard InChI is InChI=1S/C12H20N4/c1-13-12-8-10(9-4-5-9)14-11(15-12)6-7-16(2)3/h8-9H,4-7H2,1-3H3,(H,13,14,15). The summed E-state index contributed by atoms with van der Waals surface area (Å²) in [5.41, 5.74) is 1.22. The predicted molar refractivity (Wildman–Crippen MR) is 65.8 cm³/mol. The molecule has 1 fully saturated rings. The van der Waals surface area contributed by atoms with Crippen molar-refractivity contribution in [2.45, 2.75) is 25.2 Å². The maximum atomic E-state index is 4.64. The van der Waals surface area contributed by atoms with Crippen molar-refractivity contribution in [3.8, 4) is 0 Å². The highest BCUT2D eigenvalue weighted by molar-refractivity contribution is 5.37. The number of hydrogen-bond acceptors (Lipinski definition) is 4. The quantitative estimate of drug-likeness (QED) is 0.816. The van der Waals surface area contributed by atoms with Gasteiger partial charge in [-0.1, -0.05) is 0 Å². The van der Waals surface area contributed by atoms with Crippen molar-refractivity contribution >= 4 is 5.82 Å². The lowest BCUT2D eigenvalue weighted by molar-refractivity contribution is 0.409. The third-order valence-corrected chi connectivity index (χ3v) is 2.83. The lowest BCUT2D eigenvalue weighted by atomic mass is 10.2. The van der Waals surface area contributed by atoms with E-state index >= 15 is 0 Å². The van der Waals surface area contributed by atoms with Gasteiger partial charge in [-0.05, 0) is 26.9 Å². The summed E-state index contributed by atoms with van der Waals surface area (Å²) in [7, 11) is 6.06. The van der Waals surface area contributed by atoms with Gasteiger partial charge in [0.25, 0.3) is 0 Å². The summed E-state index contributed by atoms with van der Waals surface area (Å²) in [4.78, 5) is 11.3. The molecule has 1 aliphatic rings. The summed E-state index contributed by atoms with van der Waals surface area (Å²) >= 11 is 0. The van der Waals surface area contributed by atoms with Crippen LogP contribution in [-0.4, -0.2) is 42.6 Å². The molecule has 4 nitrogen and oxygen atoms in total. The number of nitrogens with zero attached hydrogens (tertiary/aromatic N) is 3. The second-order valence-electron chi connectivity index (χ2n) is 4.67. The van der Waals surface area contributed by atoms with E-state index in [1.165, 1.54) is 18.5 Å². The van der Waals surface area contributed by atoms with Gasteiger partial charge in [-0.25, -0.2) is 9.97 Å². The monoisotopic (exact) mass is 220 g/mol. The molecule has 0 aromatic carbocycles. The van der Waals surface area contributed by atoms with Gasteiger partial charge in [-0.2, -0.15) is 0 Å². The van der Waals surface area contributed by atoms with E-state index < -0.39 is 0 Å². The molecule has 1 aromatic heterocycles. The molecule has 16 heavy (non-hydrogen) atoms. The topological polar surface area (TPSA) is 41.1 Å². The third-order valence-electron chi connectivity index (χ3n) is 2.83. The first kappa shape index (κ1) is 11.3. The number of anilines is 1. The van der Waals surface area contributed by atoms with Crippen molar-refractivity contribution in [3.05, 3.63) is 17.6 Å². The van der Waals surface area contributed by atoms with Gasteiger partial charge in [-0.15, -0.1) is 0 Å². The van der Waals surface area contributed by atoms with Crippen molar-refractivity contribution in [2.24, 2.45) is 0 Å². The molecule has 0 radical (unpaired) electrons. The first-order valence-electron chi connectivity index (χ1n) is 5.89. The van der Waals surface area contributed by atoms with Gasteiger partial charge in [0.2, 0.25) is 0 Å². The highest BCUT2D eigenvalue weighted by Crippen LogP contribution is 2.39. The molecule has 0 bridgehead atoms. The van der Waals surface area contributed by atoms with Gasteiger partial charge < -0.3 is 10.2 Å². The minimum absolute atomic E-state index is 0.688. The number of rotatable bonds is 5. The zero-order valence-electron chi connectivity index (χ0n) is 10.3. The molecule has 0 amide bonds. The van der Waals surface area contributed by atoms with Crippen LogP contribution >= 0.6 is 0 Å². The van der Waals surface area contributed by atoms with E-state index in [1.54, 1.807) is 0 Å². The molecule has 0 atom stereocenters. The summed E-state index contributed by atoms with van der Waals surface area (Å²) in [5, 5.41) is 3.11. The van der Waals surface area contributed by atoms with E-state index in [0.29, 0.717) is 5.92 Å². The Morgan fingerprint density at radius 3 is 2.69 bits per heavy atom. The fourth-order valence-corrected chi connectivity index (χ4v) is 1.67. The van der Waals surface area contributed by atoms with Gasteiger partial charge in [0.1, 0.15) is 11.6 Å². The van der Waals surface area contributed by atoms with E-state index in [-0.39, 0.29) is 0 Å². The summed E-state index contributed by atoms with van der Waals surface area (Å²) in [6.45, 7) is 0.997. The second kappa shape index (κ2) is 4.78. The first-order chi connectivity index (χ1) is 7.69. The summed E-state index contributed by atoms with van der Waals surface area (Å²) in [5.74, 6) is 2.60. The Labute approximate surface area is 97.1 Å². The van der Waals surface area contributed by atoms with Gasteiger partial charge >= 0.3 is 0 Å². The molecule has 1 aliphatic carbocycles. The fraction of sp³-hybridized carbons (Fsp3) is 0.667. The largest absolute Gasteiger partial charge is 0.373 e. The number of likely N-dealkylation sites (N-methyl/N-ethyl adjacent to an activating group) is 1. The molecule has 0 spiro atoms. The average Bonchev–Trinajstić information content (AvgIpc) is 3.09. The van der Waals surface area contributed by atoms with Crippen LogP contribution in [0.3, 0.4) is 0 Å². The Kier molecular flexibility index (Phi) is 3.39. The van der Waals surface area contributed by atoms with E-state index in [0.717, 1.165) is 24.6 Å². The highest BCUT2D eigenvalue weighted by Gasteiger charge is 2.25. The first-order valence-corrected chi connectivity index (χ1v) is 5.89. The second-order valence-corrected chi connectivity index (χ2v) is 4.67. The summed E-state index contributed by atoms with van der Waals surface area (Å²) in [6.07, 6.45) is 3.49. The van der Waals surface area contributed by atoms with E-state index in [4.69, 9.17) is 0 Å². The summed E-state index contributed by atoms with van der Waals surface area (Å²) < 4.78 is 0. The molecule has 0 unspecified atom stereocenters. The Morgan fingerprint density at radius 2 is 2.12 bits per heavy atom. The zero-order chi connectivity index (χ0) is 11.5.